The van der Waals surface area contributed by atoms with Crippen molar-refractivity contribution in [3.05, 3.63) is 29.8 Å². The molecule has 21 heavy (non-hydrogen) atoms. The lowest BCUT2D eigenvalue weighted by Crippen LogP contribution is -2.41. The number of halogens is 1. The van der Waals surface area contributed by atoms with Gasteiger partial charge in [0.1, 0.15) is 5.82 Å². The van der Waals surface area contributed by atoms with Crippen molar-refractivity contribution >= 4 is 23.6 Å². The van der Waals surface area contributed by atoms with Crippen LogP contribution in [0.15, 0.2) is 18.3 Å². The van der Waals surface area contributed by atoms with Crippen LogP contribution in [0.5, 0.6) is 0 Å². The van der Waals surface area contributed by atoms with Crippen molar-refractivity contribution in [2.75, 3.05) is 0 Å². The van der Waals surface area contributed by atoms with E-state index >= 15 is 0 Å². The van der Waals surface area contributed by atoms with Crippen molar-refractivity contribution in [1.82, 2.24) is 9.97 Å². The second-order valence-electron chi connectivity index (χ2n) is 6.46. The molecule has 0 atom stereocenters. The summed E-state index contributed by atoms with van der Waals surface area (Å²) in [7, 11) is -0.734. The Morgan fingerprint density at radius 3 is 2.29 bits per heavy atom. The lowest BCUT2D eigenvalue weighted by molar-refractivity contribution is 0.00578. The molecular formula is C15H18BFN2O2. The highest BCUT2D eigenvalue weighted by atomic mass is 19.1. The molecule has 0 radical (unpaired) electrons. The lowest BCUT2D eigenvalue weighted by Gasteiger charge is -2.32. The number of hydrogen-bond donors (Lipinski definition) is 0. The molecular weight excluding hydrogens is 270 g/mol. The molecule has 3 rings (SSSR count). The largest absolute Gasteiger partial charge is 0.497 e. The zero-order valence-corrected chi connectivity index (χ0v) is 12.9. The third-order valence-electron chi connectivity index (χ3n) is 4.29. The monoisotopic (exact) mass is 288 g/mol. The summed E-state index contributed by atoms with van der Waals surface area (Å²) in [6, 6.07) is 3.04. The number of aryl methyl sites for hydroxylation is 1. The third-order valence-corrected chi connectivity index (χ3v) is 4.29. The first-order chi connectivity index (χ1) is 9.69. The van der Waals surface area contributed by atoms with Crippen LogP contribution in [0.1, 0.15) is 33.4 Å². The first-order valence-electron chi connectivity index (χ1n) is 6.98. The van der Waals surface area contributed by atoms with E-state index in [4.69, 9.17) is 9.31 Å². The van der Waals surface area contributed by atoms with E-state index in [-0.39, 0.29) is 5.82 Å². The average Bonchev–Trinajstić information content (AvgIpc) is 2.57. The van der Waals surface area contributed by atoms with Crippen molar-refractivity contribution in [1.29, 1.82) is 0 Å². The second kappa shape index (κ2) is 4.48. The van der Waals surface area contributed by atoms with Gasteiger partial charge in [0.2, 0.25) is 0 Å². The van der Waals surface area contributed by atoms with Crippen LogP contribution in [0.25, 0.3) is 11.0 Å². The number of rotatable bonds is 1. The van der Waals surface area contributed by atoms with Crippen molar-refractivity contribution in [3.63, 3.8) is 0 Å². The second-order valence-corrected chi connectivity index (χ2v) is 6.46. The summed E-state index contributed by atoms with van der Waals surface area (Å²) in [6.07, 6.45) is 1.66. The number of benzene rings is 1. The molecule has 1 saturated heterocycles. The predicted octanol–water partition coefficient (Wildman–Crippen LogP) is 2.38. The van der Waals surface area contributed by atoms with Gasteiger partial charge >= 0.3 is 7.12 Å². The Morgan fingerprint density at radius 2 is 1.67 bits per heavy atom. The van der Waals surface area contributed by atoms with Crippen LogP contribution in [0.4, 0.5) is 4.39 Å². The highest BCUT2D eigenvalue weighted by molar-refractivity contribution is 6.62. The maximum Gasteiger partial charge on any atom is 0.497 e. The summed E-state index contributed by atoms with van der Waals surface area (Å²) in [5.41, 5.74) is 1.28. The minimum absolute atomic E-state index is 0.360. The molecule has 0 bridgehead atoms. The van der Waals surface area contributed by atoms with Gasteiger partial charge in [-0.3, -0.25) is 4.98 Å². The maximum absolute atomic E-state index is 14.4. The van der Waals surface area contributed by atoms with Crippen LogP contribution < -0.4 is 5.46 Å². The van der Waals surface area contributed by atoms with Gasteiger partial charge in [-0.15, -0.1) is 0 Å². The van der Waals surface area contributed by atoms with E-state index in [1.165, 1.54) is 6.07 Å². The Hall–Kier alpha value is -1.53. The van der Waals surface area contributed by atoms with E-state index in [1.54, 1.807) is 12.3 Å². The van der Waals surface area contributed by atoms with Crippen LogP contribution in [-0.2, 0) is 9.31 Å². The van der Waals surface area contributed by atoms with Gasteiger partial charge in [0.05, 0.1) is 27.9 Å². The van der Waals surface area contributed by atoms with E-state index in [2.05, 4.69) is 9.97 Å². The Balaban J connectivity index is 2.06. The molecule has 4 nitrogen and oxygen atoms in total. The fourth-order valence-corrected chi connectivity index (χ4v) is 2.29. The minimum Gasteiger partial charge on any atom is -0.399 e. The van der Waals surface area contributed by atoms with Crippen LogP contribution in [0.3, 0.4) is 0 Å². The van der Waals surface area contributed by atoms with Gasteiger partial charge in [-0.1, -0.05) is 0 Å². The Labute approximate surface area is 123 Å². The topological polar surface area (TPSA) is 44.2 Å². The number of hydrogen-bond acceptors (Lipinski definition) is 4. The quantitative estimate of drug-likeness (QED) is 0.756. The molecule has 2 heterocycles. The molecule has 1 aromatic carbocycles. The van der Waals surface area contributed by atoms with Gasteiger partial charge < -0.3 is 9.31 Å². The third kappa shape index (κ3) is 2.32. The molecule has 0 saturated carbocycles. The van der Waals surface area contributed by atoms with E-state index in [1.807, 2.05) is 34.6 Å². The summed E-state index contributed by atoms with van der Waals surface area (Å²) in [5.74, 6) is -0.388. The normalized spacial score (nSPS) is 20.2. The minimum atomic E-state index is -0.734. The Bertz CT molecular complexity index is 702. The summed E-state index contributed by atoms with van der Waals surface area (Å²) in [6.45, 7) is 9.58. The van der Waals surface area contributed by atoms with Crippen LogP contribution in [0, 0.1) is 12.7 Å². The Kier molecular flexibility index (Phi) is 3.08. The molecule has 0 N–H and O–H groups in total. The lowest BCUT2D eigenvalue weighted by atomic mass is 9.78. The summed E-state index contributed by atoms with van der Waals surface area (Å²) < 4.78 is 26.2. The molecule has 1 aliphatic heterocycles. The zero-order valence-electron chi connectivity index (χ0n) is 12.9. The van der Waals surface area contributed by atoms with Crippen molar-refractivity contribution in [3.8, 4) is 0 Å². The average molecular weight is 288 g/mol. The Morgan fingerprint density at radius 1 is 1.05 bits per heavy atom. The highest BCUT2D eigenvalue weighted by Crippen LogP contribution is 2.36. The van der Waals surface area contributed by atoms with E-state index < -0.39 is 18.3 Å². The number of fused-ring (bicyclic) bond motifs is 1. The molecule has 2 aromatic rings. The predicted molar refractivity (Wildman–Crippen MR) is 79.9 cm³/mol. The van der Waals surface area contributed by atoms with Crippen LogP contribution >= 0.6 is 0 Å². The summed E-state index contributed by atoms with van der Waals surface area (Å²) in [4.78, 5) is 8.56. The molecule has 1 aromatic heterocycles. The fraction of sp³-hybridized carbons (Fsp3) is 0.467. The molecule has 0 aliphatic carbocycles. The van der Waals surface area contributed by atoms with Crippen LogP contribution in [0.2, 0.25) is 0 Å². The highest BCUT2D eigenvalue weighted by Gasteiger charge is 2.52. The number of aromatic nitrogens is 2. The van der Waals surface area contributed by atoms with Gasteiger partial charge in [0.15, 0.2) is 0 Å². The summed E-state index contributed by atoms with van der Waals surface area (Å²) in [5, 5.41) is 0. The molecule has 0 spiro atoms. The maximum atomic E-state index is 14.4. The molecule has 6 heteroatoms. The van der Waals surface area contributed by atoms with E-state index in [0.29, 0.717) is 16.5 Å². The smallest absolute Gasteiger partial charge is 0.399 e. The number of nitrogens with zero attached hydrogens (tertiary/aromatic N) is 2. The summed E-state index contributed by atoms with van der Waals surface area (Å²) >= 11 is 0. The van der Waals surface area contributed by atoms with Crippen molar-refractivity contribution in [2.24, 2.45) is 0 Å². The van der Waals surface area contributed by atoms with Crippen molar-refractivity contribution < 1.29 is 13.7 Å². The molecule has 1 fully saturated rings. The standard InChI is InChI=1S/C15H18BFN2O2/c1-9-8-18-12-6-10(11(17)7-13(12)19-9)16-20-14(2,3)15(4,5)21-16/h6-8H,1-5H3. The molecule has 0 unspecified atom stereocenters. The van der Waals surface area contributed by atoms with Crippen molar-refractivity contribution in [2.45, 2.75) is 45.8 Å². The van der Waals surface area contributed by atoms with Gasteiger partial charge in [-0.05, 0) is 40.7 Å². The van der Waals surface area contributed by atoms with E-state index in [9.17, 15) is 4.39 Å². The van der Waals surface area contributed by atoms with Gasteiger partial charge in [0, 0.05) is 17.7 Å². The van der Waals surface area contributed by atoms with Crippen LogP contribution in [-0.4, -0.2) is 28.3 Å². The van der Waals surface area contributed by atoms with E-state index in [0.717, 1.165) is 5.69 Å². The molecule has 0 amide bonds. The van der Waals surface area contributed by atoms with Gasteiger partial charge in [0.25, 0.3) is 0 Å². The zero-order chi connectivity index (χ0) is 15.4. The molecule has 110 valence electrons. The SMILES string of the molecule is Cc1cnc2cc(B3OC(C)(C)C(C)(C)O3)c(F)cc2n1. The first-order valence-corrected chi connectivity index (χ1v) is 6.98. The van der Waals surface area contributed by atoms with Gasteiger partial charge in [-0.2, -0.15) is 0 Å². The van der Waals surface area contributed by atoms with Gasteiger partial charge in [-0.25, -0.2) is 9.37 Å². The fourth-order valence-electron chi connectivity index (χ4n) is 2.29. The molecule has 1 aliphatic rings. The first kappa shape index (κ1) is 14.4.